The average molecular weight is 366 g/mol. The number of rotatable bonds is 5. The molecule has 3 heteroatoms. The SMILES string of the molecule is [2H]C([2H])([2H])Oc1cc(/C=C/c2cccc(-c3ccccc3)c2C)c(Cl)cc1C=O. The summed E-state index contributed by atoms with van der Waals surface area (Å²) in [4.78, 5) is 11.2. The van der Waals surface area contributed by atoms with E-state index in [0.29, 0.717) is 16.9 Å². The number of halogens is 1. The van der Waals surface area contributed by atoms with Crippen LogP contribution in [0, 0.1) is 6.92 Å². The third kappa shape index (κ3) is 3.71. The van der Waals surface area contributed by atoms with Crippen molar-refractivity contribution >= 4 is 30.0 Å². The molecule has 0 saturated carbocycles. The fourth-order valence-corrected chi connectivity index (χ4v) is 3.07. The summed E-state index contributed by atoms with van der Waals surface area (Å²) in [5, 5.41) is 0.332. The Hall–Kier alpha value is -2.84. The van der Waals surface area contributed by atoms with Crippen LogP contribution in [0.25, 0.3) is 23.3 Å². The Morgan fingerprint density at radius 1 is 0.962 bits per heavy atom. The van der Waals surface area contributed by atoms with Crippen molar-refractivity contribution < 1.29 is 13.6 Å². The van der Waals surface area contributed by atoms with E-state index >= 15 is 0 Å². The van der Waals surface area contributed by atoms with Crippen molar-refractivity contribution in [3.05, 3.63) is 87.9 Å². The van der Waals surface area contributed by atoms with Crippen LogP contribution in [0.2, 0.25) is 5.02 Å². The molecule has 3 aromatic carbocycles. The highest BCUT2D eigenvalue weighted by molar-refractivity contribution is 6.32. The van der Waals surface area contributed by atoms with E-state index in [2.05, 4.69) is 18.2 Å². The van der Waals surface area contributed by atoms with E-state index in [1.165, 1.54) is 12.1 Å². The summed E-state index contributed by atoms with van der Waals surface area (Å²) in [6.45, 7) is 2.04. The standard InChI is InChI=1S/C23H19ClO2/c1-16-17(9-6-10-21(16)18-7-4-3-5-8-18)11-12-19-14-23(26-2)20(15-25)13-22(19)24/h3-15H,1-2H3/b12-11+/i2D3. The summed E-state index contributed by atoms with van der Waals surface area (Å²) in [5.74, 6) is -0.0289. The first-order valence-electron chi connectivity index (χ1n) is 9.59. The molecule has 0 aliphatic heterocycles. The van der Waals surface area contributed by atoms with Gasteiger partial charge in [-0.1, -0.05) is 72.3 Å². The zero-order chi connectivity index (χ0) is 21.0. The molecule has 0 aromatic heterocycles. The molecule has 0 heterocycles. The maximum atomic E-state index is 11.2. The maximum Gasteiger partial charge on any atom is 0.153 e. The van der Waals surface area contributed by atoms with Crippen molar-refractivity contribution in [1.29, 1.82) is 0 Å². The van der Waals surface area contributed by atoms with Crippen LogP contribution in [-0.2, 0) is 0 Å². The lowest BCUT2D eigenvalue weighted by Gasteiger charge is -2.10. The Bertz CT molecular complexity index is 1060. The lowest BCUT2D eigenvalue weighted by Crippen LogP contribution is -1.92. The molecule has 0 unspecified atom stereocenters. The zero-order valence-electron chi connectivity index (χ0n) is 17.2. The number of hydrogen-bond acceptors (Lipinski definition) is 2. The van der Waals surface area contributed by atoms with Crippen LogP contribution in [0.5, 0.6) is 5.75 Å². The number of aldehydes is 1. The molecule has 0 atom stereocenters. The van der Waals surface area contributed by atoms with Crippen LogP contribution >= 0.6 is 11.6 Å². The fraction of sp³-hybridized carbons (Fsp3) is 0.0870. The predicted molar refractivity (Wildman–Crippen MR) is 109 cm³/mol. The monoisotopic (exact) mass is 365 g/mol. The number of hydrogen-bond donors (Lipinski definition) is 0. The minimum absolute atomic E-state index is 0.0289. The van der Waals surface area contributed by atoms with Crippen molar-refractivity contribution in [1.82, 2.24) is 0 Å². The Morgan fingerprint density at radius 3 is 2.46 bits per heavy atom. The highest BCUT2D eigenvalue weighted by Crippen LogP contribution is 2.29. The van der Waals surface area contributed by atoms with Gasteiger partial charge in [-0.3, -0.25) is 4.79 Å². The molecule has 0 saturated heterocycles. The third-order valence-electron chi connectivity index (χ3n) is 4.27. The van der Waals surface area contributed by atoms with Gasteiger partial charge in [-0.25, -0.2) is 0 Å². The molecule has 0 N–H and O–H groups in total. The number of benzene rings is 3. The largest absolute Gasteiger partial charge is 0.496 e. The summed E-state index contributed by atoms with van der Waals surface area (Å²) in [6, 6.07) is 19.0. The van der Waals surface area contributed by atoms with Gasteiger partial charge in [-0.05, 0) is 46.9 Å². The molecular formula is C23H19ClO2. The second-order valence-electron chi connectivity index (χ2n) is 5.85. The topological polar surface area (TPSA) is 26.3 Å². The van der Waals surface area contributed by atoms with Gasteiger partial charge in [0.25, 0.3) is 0 Å². The Kier molecular flexibility index (Phi) is 4.43. The van der Waals surface area contributed by atoms with E-state index in [9.17, 15) is 4.79 Å². The first-order valence-corrected chi connectivity index (χ1v) is 8.47. The van der Waals surface area contributed by atoms with E-state index in [0.717, 1.165) is 22.3 Å². The lowest BCUT2D eigenvalue weighted by molar-refractivity contribution is 0.112. The van der Waals surface area contributed by atoms with Crippen molar-refractivity contribution in [3.63, 3.8) is 0 Å². The van der Waals surface area contributed by atoms with Gasteiger partial charge in [-0.15, -0.1) is 0 Å². The van der Waals surface area contributed by atoms with Gasteiger partial charge < -0.3 is 4.74 Å². The summed E-state index contributed by atoms with van der Waals surface area (Å²) >= 11 is 6.28. The quantitative estimate of drug-likeness (QED) is 0.391. The maximum absolute atomic E-state index is 11.2. The highest BCUT2D eigenvalue weighted by Gasteiger charge is 2.08. The van der Waals surface area contributed by atoms with E-state index in [4.69, 9.17) is 20.5 Å². The fourth-order valence-electron chi connectivity index (χ4n) is 2.84. The van der Waals surface area contributed by atoms with Crippen LogP contribution in [0.3, 0.4) is 0 Å². The van der Waals surface area contributed by atoms with E-state index in [1.54, 1.807) is 6.08 Å². The summed E-state index contributed by atoms with van der Waals surface area (Å²) in [6.07, 6.45) is 4.21. The second kappa shape index (κ2) is 8.03. The molecule has 2 nitrogen and oxygen atoms in total. The van der Waals surface area contributed by atoms with Crippen LogP contribution in [0.15, 0.2) is 60.7 Å². The highest BCUT2D eigenvalue weighted by atomic mass is 35.5. The summed E-state index contributed by atoms with van der Waals surface area (Å²) in [5.41, 5.74) is 5.00. The predicted octanol–water partition coefficient (Wildman–Crippen LogP) is 6.31. The molecule has 0 bridgehead atoms. The number of carbonyl (C=O) groups is 1. The van der Waals surface area contributed by atoms with Crippen molar-refractivity contribution in [2.24, 2.45) is 0 Å². The van der Waals surface area contributed by atoms with E-state index in [-0.39, 0.29) is 11.3 Å². The number of ether oxygens (including phenoxy) is 1. The molecule has 130 valence electrons. The molecule has 0 amide bonds. The van der Waals surface area contributed by atoms with E-state index < -0.39 is 7.04 Å². The van der Waals surface area contributed by atoms with Gasteiger partial charge in [0.15, 0.2) is 6.29 Å². The molecule has 0 spiro atoms. The Balaban J connectivity index is 1.98. The molecule has 0 radical (unpaired) electrons. The minimum Gasteiger partial charge on any atom is -0.496 e. The molecule has 3 rings (SSSR count). The molecule has 26 heavy (non-hydrogen) atoms. The Morgan fingerprint density at radius 2 is 1.73 bits per heavy atom. The van der Waals surface area contributed by atoms with Gasteiger partial charge in [0.1, 0.15) is 5.75 Å². The van der Waals surface area contributed by atoms with Crippen LogP contribution in [0.1, 0.15) is 31.2 Å². The van der Waals surface area contributed by atoms with E-state index in [1.807, 2.05) is 43.3 Å². The van der Waals surface area contributed by atoms with Gasteiger partial charge in [-0.2, -0.15) is 0 Å². The van der Waals surface area contributed by atoms with Gasteiger partial charge >= 0.3 is 0 Å². The third-order valence-corrected chi connectivity index (χ3v) is 4.60. The molecule has 0 aliphatic carbocycles. The summed E-state index contributed by atoms with van der Waals surface area (Å²) < 4.78 is 26.8. The smallest absolute Gasteiger partial charge is 0.153 e. The van der Waals surface area contributed by atoms with Gasteiger partial charge in [0, 0.05) is 5.02 Å². The zero-order valence-corrected chi connectivity index (χ0v) is 15.0. The molecule has 0 fully saturated rings. The van der Waals surface area contributed by atoms with Gasteiger partial charge in [0.2, 0.25) is 0 Å². The Labute approximate surface area is 162 Å². The second-order valence-corrected chi connectivity index (χ2v) is 6.26. The van der Waals surface area contributed by atoms with Crippen LogP contribution < -0.4 is 4.74 Å². The first-order chi connectivity index (χ1) is 13.8. The lowest BCUT2D eigenvalue weighted by atomic mass is 9.96. The molecule has 0 aliphatic rings. The minimum atomic E-state index is -2.66. The van der Waals surface area contributed by atoms with Crippen LogP contribution in [-0.4, -0.2) is 13.3 Å². The molecular weight excluding hydrogens is 344 g/mol. The van der Waals surface area contributed by atoms with Crippen molar-refractivity contribution in [3.8, 4) is 16.9 Å². The van der Waals surface area contributed by atoms with Crippen molar-refractivity contribution in [2.75, 3.05) is 7.04 Å². The van der Waals surface area contributed by atoms with Gasteiger partial charge in [0.05, 0.1) is 16.7 Å². The normalized spacial score (nSPS) is 13.1. The van der Waals surface area contributed by atoms with Crippen LogP contribution in [0.4, 0.5) is 0 Å². The molecule has 3 aromatic rings. The first kappa shape index (κ1) is 14.3. The summed E-state index contributed by atoms with van der Waals surface area (Å²) in [7, 11) is -2.66. The number of carbonyl (C=O) groups excluding carboxylic acids is 1. The number of methoxy groups -OCH3 is 1. The van der Waals surface area contributed by atoms with Crippen molar-refractivity contribution in [2.45, 2.75) is 6.92 Å². The average Bonchev–Trinajstić information content (AvgIpc) is 2.68.